The van der Waals surface area contributed by atoms with Gasteiger partial charge in [0.05, 0.1) is 16.4 Å². The Morgan fingerprint density at radius 2 is 2.10 bits per heavy atom. The molecule has 0 unspecified atom stereocenters. The topological polar surface area (TPSA) is 146 Å². The highest BCUT2D eigenvalue weighted by Gasteiger charge is 2.27. The highest BCUT2D eigenvalue weighted by molar-refractivity contribution is 6.25. The van der Waals surface area contributed by atoms with E-state index in [1.165, 1.54) is 12.1 Å². The normalized spacial score (nSPS) is 12.8. The maximum absolute atomic E-state index is 13.3. The van der Waals surface area contributed by atoms with Gasteiger partial charge < -0.3 is 20.1 Å². The van der Waals surface area contributed by atoms with E-state index in [1.54, 1.807) is 26.1 Å². The molecule has 0 radical (unpaired) electrons. The van der Waals surface area contributed by atoms with E-state index in [9.17, 15) is 23.9 Å². The number of Topliss-reactive ketones (excluding diaryl/α,β-unsaturated/α-hetero) is 1. The molecule has 0 spiro atoms. The molecule has 2 rings (SSSR count). The van der Waals surface area contributed by atoms with E-state index in [0.717, 1.165) is 6.21 Å². The minimum Gasteiger partial charge on any atom is -0.461 e. The summed E-state index contributed by atoms with van der Waals surface area (Å²) >= 11 is 0. The van der Waals surface area contributed by atoms with Gasteiger partial charge in [0.1, 0.15) is 18.0 Å². The van der Waals surface area contributed by atoms with Crippen LogP contribution in [0.1, 0.15) is 32.3 Å². The quantitative estimate of drug-likeness (QED) is 0.198. The van der Waals surface area contributed by atoms with Gasteiger partial charge in [0.25, 0.3) is 0 Å². The van der Waals surface area contributed by atoms with Crippen molar-refractivity contribution in [3.63, 3.8) is 0 Å². The van der Waals surface area contributed by atoms with Crippen LogP contribution in [0.15, 0.2) is 24.4 Å². The summed E-state index contributed by atoms with van der Waals surface area (Å²) in [4.78, 5) is 42.0. The van der Waals surface area contributed by atoms with Crippen molar-refractivity contribution in [2.75, 3.05) is 0 Å². The molecule has 160 valence electrons. The number of nitrogens with one attached hydrogen (secondary N) is 3. The zero-order chi connectivity index (χ0) is 22.3. The van der Waals surface area contributed by atoms with Crippen LogP contribution >= 0.6 is 0 Å². The number of aliphatic hydroxyl groups is 1. The molecule has 0 aliphatic heterocycles. The SMILES string of the molecule is CC(C)OC(=O)[C@H](CCC(=O)C=[N+]=N)NC(=O)[C@@H](O)Cc1c[nH]c2cc(F)ccc12. The first kappa shape index (κ1) is 22.9. The summed E-state index contributed by atoms with van der Waals surface area (Å²) in [5, 5.41) is 13.4. The molecular weight excluding hydrogens is 395 g/mol. The number of rotatable bonds is 10. The number of amides is 1. The average Bonchev–Trinajstić information content (AvgIpc) is 3.06. The number of benzene rings is 1. The molecule has 1 aromatic carbocycles. The number of H-pyrrole nitrogens is 1. The molecule has 1 aromatic heterocycles. The first-order valence-corrected chi connectivity index (χ1v) is 9.38. The fourth-order valence-corrected chi connectivity index (χ4v) is 2.88. The number of nitrogens with zero attached hydrogens (tertiary/aromatic N) is 1. The molecule has 0 bridgehead atoms. The molecule has 2 aromatic rings. The van der Waals surface area contributed by atoms with Gasteiger partial charge in [-0.3, -0.25) is 9.59 Å². The van der Waals surface area contributed by atoms with Gasteiger partial charge in [0.2, 0.25) is 11.7 Å². The van der Waals surface area contributed by atoms with Gasteiger partial charge in [0, 0.05) is 29.9 Å². The van der Waals surface area contributed by atoms with Gasteiger partial charge >= 0.3 is 12.2 Å². The summed E-state index contributed by atoms with van der Waals surface area (Å²) in [6.07, 6.45) is 0.207. The maximum atomic E-state index is 13.3. The largest absolute Gasteiger partial charge is 0.461 e. The van der Waals surface area contributed by atoms with E-state index in [0.29, 0.717) is 16.5 Å². The Balaban J connectivity index is 2.07. The smallest absolute Gasteiger partial charge is 0.372 e. The number of aromatic amines is 1. The molecule has 9 nitrogen and oxygen atoms in total. The number of carbonyl (C=O) groups is 3. The van der Waals surface area contributed by atoms with Crippen molar-refractivity contribution in [2.45, 2.75) is 51.4 Å². The number of halogens is 1. The van der Waals surface area contributed by atoms with Crippen LogP contribution in [0, 0.1) is 11.3 Å². The molecule has 0 aliphatic carbocycles. The molecule has 0 saturated heterocycles. The molecule has 0 aliphatic rings. The van der Waals surface area contributed by atoms with Crippen molar-refractivity contribution in [1.29, 1.82) is 5.53 Å². The zero-order valence-electron chi connectivity index (χ0n) is 16.6. The third kappa shape index (κ3) is 6.33. The maximum Gasteiger partial charge on any atom is 0.372 e. The van der Waals surface area contributed by atoms with Crippen molar-refractivity contribution < 1.29 is 33.4 Å². The Kier molecular flexibility index (Phi) is 7.97. The van der Waals surface area contributed by atoms with Gasteiger partial charge in [-0.2, -0.15) is 0 Å². The highest BCUT2D eigenvalue weighted by atomic mass is 19.1. The lowest BCUT2D eigenvalue weighted by atomic mass is 10.0. The number of ether oxygens (including phenoxy) is 1. The lowest BCUT2D eigenvalue weighted by Crippen LogP contribution is -2.47. The predicted octanol–water partition coefficient (Wildman–Crippen LogP) is 1.31. The van der Waals surface area contributed by atoms with E-state index in [-0.39, 0.29) is 19.3 Å². The van der Waals surface area contributed by atoms with Crippen molar-refractivity contribution in [3.8, 4) is 0 Å². The summed E-state index contributed by atoms with van der Waals surface area (Å²) in [5.74, 6) is -2.43. The zero-order valence-corrected chi connectivity index (χ0v) is 16.6. The number of fused-ring (bicyclic) bond motifs is 1. The molecule has 2 atom stereocenters. The number of ketones is 1. The second-order valence-electron chi connectivity index (χ2n) is 7.03. The van der Waals surface area contributed by atoms with Crippen LogP contribution in [-0.4, -0.2) is 57.0 Å². The number of carbonyl (C=O) groups excluding carboxylic acids is 3. The standard InChI is InChI=1S/C20H23FN4O5/c1-11(2)30-20(29)16(6-4-14(26)10-24-22)25-19(28)18(27)7-12-9-23-17-8-13(21)3-5-15(12)17/h3,5,8-11,16,18,22-23,27H,4,6-7H2,1-2H3/p+1/t16-,18-/m0/s1. The average molecular weight is 419 g/mol. The molecule has 0 saturated carbocycles. The monoisotopic (exact) mass is 419 g/mol. The van der Waals surface area contributed by atoms with Gasteiger partial charge in [-0.1, -0.05) is 0 Å². The second kappa shape index (κ2) is 10.4. The molecule has 1 amide bonds. The Hall–Kier alpha value is -3.36. The molecule has 0 fully saturated rings. The molecule has 10 heteroatoms. The summed E-state index contributed by atoms with van der Waals surface area (Å²) in [6.45, 7) is 3.28. The van der Waals surface area contributed by atoms with Crippen LogP contribution in [0.25, 0.3) is 10.9 Å². The summed E-state index contributed by atoms with van der Waals surface area (Å²) in [7, 11) is 0. The van der Waals surface area contributed by atoms with Crippen molar-refractivity contribution >= 4 is 34.8 Å². The highest BCUT2D eigenvalue weighted by Crippen LogP contribution is 2.20. The van der Waals surface area contributed by atoms with E-state index < -0.39 is 41.7 Å². The van der Waals surface area contributed by atoms with Crippen molar-refractivity contribution in [3.05, 3.63) is 35.8 Å². The summed E-state index contributed by atoms with van der Waals surface area (Å²) in [6, 6.07) is 2.99. The van der Waals surface area contributed by atoms with Crippen LogP contribution in [-0.2, 0) is 25.5 Å². The molecule has 30 heavy (non-hydrogen) atoms. The van der Waals surface area contributed by atoms with Gasteiger partial charge in [0.15, 0.2) is 0 Å². The molecule has 4 N–H and O–H groups in total. The van der Waals surface area contributed by atoms with Gasteiger partial charge in [-0.15, -0.1) is 0 Å². The Morgan fingerprint density at radius 1 is 1.37 bits per heavy atom. The third-order valence-corrected chi connectivity index (χ3v) is 4.29. The summed E-state index contributed by atoms with van der Waals surface area (Å²) in [5.41, 5.74) is 7.80. The van der Waals surface area contributed by atoms with Crippen LogP contribution in [0.4, 0.5) is 4.39 Å². The van der Waals surface area contributed by atoms with Crippen LogP contribution in [0.3, 0.4) is 0 Å². The van der Waals surface area contributed by atoms with Crippen LogP contribution in [0.5, 0.6) is 0 Å². The van der Waals surface area contributed by atoms with Crippen molar-refractivity contribution in [2.24, 2.45) is 0 Å². The predicted molar refractivity (Wildman–Crippen MR) is 104 cm³/mol. The number of hydrogen-bond acceptors (Lipinski definition) is 6. The Morgan fingerprint density at radius 3 is 2.77 bits per heavy atom. The van der Waals surface area contributed by atoms with E-state index in [1.807, 2.05) is 0 Å². The van der Waals surface area contributed by atoms with Gasteiger partial charge in [-0.05, 0) is 44.0 Å². The van der Waals surface area contributed by atoms with Crippen LogP contribution in [0.2, 0.25) is 0 Å². The van der Waals surface area contributed by atoms with E-state index in [4.69, 9.17) is 10.3 Å². The fourth-order valence-electron chi connectivity index (χ4n) is 2.88. The number of hydrogen-bond donors (Lipinski definition) is 4. The number of aliphatic hydroxyl groups excluding tert-OH is 1. The number of esters is 1. The summed E-state index contributed by atoms with van der Waals surface area (Å²) < 4.78 is 18.4. The lowest BCUT2D eigenvalue weighted by molar-refractivity contribution is -0.152. The van der Waals surface area contributed by atoms with Gasteiger partial charge in [-0.25, -0.2) is 9.18 Å². The first-order valence-electron chi connectivity index (χ1n) is 9.38. The first-order chi connectivity index (χ1) is 14.2. The lowest BCUT2D eigenvalue weighted by Gasteiger charge is -2.20. The minimum atomic E-state index is -1.48. The van der Waals surface area contributed by atoms with Crippen molar-refractivity contribution in [1.82, 2.24) is 10.3 Å². The van der Waals surface area contributed by atoms with E-state index >= 15 is 0 Å². The van der Waals surface area contributed by atoms with Crippen LogP contribution < -0.4 is 5.32 Å². The Labute approximate surface area is 171 Å². The Bertz CT molecular complexity index is 981. The number of aromatic nitrogens is 1. The molecular formula is C20H24FN4O5+. The fraction of sp³-hybridized carbons (Fsp3) is 0.400. The minimum absolute atomic E-state index is 0.0617. The second-order valence-corrected chi connectivity index (χ2v) is 7.03. The third-order valence-electron chi connectivity index (χ3n) is 4.29. The molecule has 1 heterocycles. The van der Waals surface area contributed by atoms with E-state index in [2.05, 4.69) is 15.1 Å².